The van der Waals surface area contributed by atoms with Gasteiger partial charge in [-0.25, -0.2) is 31.5 Å². The maximum Gasteiger partial charge on any atom is 0.244 e. The Morgan fingerprint density at radius 2 is 2.00 bits per heavy atom. The Labute approximate surface area is 239 Å². The van der Waals surface area contributed by atoms with Crippen LogP contribution in [0.25, 0.3) is 11.2 Å². The number of ether oxygens (including phenoxy) is 2. The molecule has 0 amide bonds. The van der Waals surface area contributed by atoms with Gasteiger partial charge in [0.05, 0.1) is 17.1 Å². The van der Waals surface area contributed by atoms with Gasteiger partial charge in [0, 0.05) is 44.4 Å². The molecule has 0 bridgehead atoms. The van der Waals surface area contributed by atoms with Gasteiger partial charge in [-0.3, -0.25) is 0 Å². The third kappa shape index (κ3) is 6.56. The fourth-order valence-electron chi connectivity index (χ4n) is 5.24. The molecular weight excluding hydrogens is 572 g/mol. The van der Waals surface area contributed by atoms with Crippen molar-refractivity contribution in [3.8, 4) is 5.75 Å². The van der Waals surface area contributed by atoms with E-state index in [1.165, 1.54) is 29.7 Å². The fraction of sp³-hybridized carbons (Fsp3) is 0.538. The Balaban J connectivity index is 1.09. The summed E-state index contributed by atoms with van der Waals surface area (Å²) in [6.45, 7) is 3.36. The molecule has 2 aromatic heterocycles. The monoisotopic (exact) mass is 608 g/mol. The number of fused-ring (bicyclic) bond motifs is 1. The highest BCUT2D eigenvalue weighted by Crippen LogP contribution is 2.37. The van der Waals surface area contributed by atoms with Crippen molar-refractivity contribution in [3.63, 3.8) is 0 Å². The minimum absolute atomic E-state index is 0.0101. The second-order valence-electron chi connectivity index (χ2n) is 10.4. The zero-order valence-corrected chi connectivity index (χ0v) is 24.7. The van der Waals surface area contributed by atoms with Gasteiger partial charge in [0.25, 0.3) is 0 Å². The van der Waals surface area contributed by atoms with Crippen LogP contribution in [0.5, 0.6) is 5.75 Å². The van der Waals surface area contributed by atoms with E-state index < -0.39 is 31.8 Å². The Morgan fingerprint density at radius 3 is 2.73 bits per heavy atom. The number of nitrogens with one attached hydrogen (secondary N) is 3. The number of aliphatic hydroxyl groups is 1. The average Bonchev–Trinajstić information content (AvgIpc) is 3.58. The van der Waals surface area contributed by atoms with E-state index in [1.54, 1.807) is 18.2 Å². The maximum absolute atomic E-state index is 13.3. The Hall–Kier alpha value is -2.66. The number of aryl methyl sites for hydroxylation is 1. The molecule has 13 nitrogen and oxygen atoms in total. The molecule has 2 aliphatic rings. The first kappa shape index (κ1) is 29.8. The van der Waals surface area contributed by atoms with Crippen LogP contribution in [0, 0.1) is 0 Å². The number of pyridine rings is 1. The van der Waals surface area contributed by atoms with Crippen LogP contribution in [0.1, 0.15) is 32.0 Å². The number of aromatic nitrogens is 3. The molecule has 4 heterocycles. The highest BCUT2D eigenvalue weighted by Gasteiger charge is 2.44. The molecule has 15 heteroatoms. The van der Waals surface area contributed by atoms with Gasteiger partial charge >= 0.3 is 0 Å². The predicted octanol–water partition coefficient (Wildman–Crippen LogP) is 0.770. The number of rotatable bonds is 11. The predicted molar refractivity (Wildman–Crippen MR) is 151 cm³/mol. The van der Waals surface area contributed by atoms with Crippen molar-refractivity contribution in [2.45, 2.75) is 60.1 Å². The van der Waals surface area contributed by atoms with E-state index in [2.05, 4.69) is 25.0 Å². The zero-order valence-electron chi connectivity index (χ0n) is 23.0. The molecule has 3 aromatic rings. The Kier molecular flexibility index (Phi) is 8.66. The molecule has 2 fully saturated rings. The van der Waals surface area contributed by atoms with Crippen LogP contribution < -0.4 is 14.8 Å². The normalized spacial score (nSPS) is 20.5. The van der Waals surface area contributed by atoms with E-state index in [1.807, 2.05) is 6.92 Å². The lowest BCUT2D eigenvalue weighted by molar-refractivity contribution is -0.0312. The van der Waals surface area contributed by atoms with E-state index >= 15 is 0 Å². The Bertz CT molecular complexity index is 1590. The molecule has 1 aromatic carbocycles. The topological polar surface area (TPSA) is 176 Å². The number of piperidine rings is 1. The van der Waals surface area contributed by atoms with Gasteiger partial charge in [0.1, 0.15) is 34.7 Å². The summed E-state index contributed by atoms with van der Waals surface area (Å²) in [5.41, 5.74) is 0.694. The number of hydrogen-bond donors (Lipinski definition) is 4. The summed E-state index contributed by atoms with van der Waals surface area (Å²) in [5.74, 6) is 1.10. The first-order valence-electron chi connectivity index (χ1n) is 13.6. The lowest BCUT2D eigenvalue weighted by atomic mass is 9.88. The van der Waals surface area contributed by atoms with Gasteiger partial charge in [-0.05, 0) is 44.5 Å². The summed E-state index contributed by atoms with van der Waals surface area (Å²) in [6, 6.07) is 7.65. The third-order valence-electron chi connectivity index (χ3n) is 7.65. The molecule has 0 radical (unpaired) electrons. The second-order valence-corrected chi connectivity index (χ2v) is 14.3. The van der Waals surface area contributed by atoms with Crippen LogP contribution >= 0.6 is 0 Å². The highest BCUT2D eigenvalue weighted by atomic mass is 32.2. The molecule has 4 N–H and O–H groups in total. The summed E-state index contributed by atoms with van der Waals surface area (Å²) in [7, 11) is -5.97. The third-order valence-corrected chi connectivity index (χ3v) is 10.9. The molecule has 2 saturated heterocycles. The molecule has 0 saturated carbocycles. The Morgan fingerprint density at radius 1 is 1.22 bits per heavy atom. The molecule has 224 valence electrons. The summed E-state index contributed by atoms with van der Waals surface area (Å²) < 4.78 is 66.1. The SMILES string of the molecule is CCc1nc2cc(S(=O)(=O)N3CCC4(CC3)C[C@@H](NC[C@H](O)COc3cccc(S(=O)(=O)NC)c3)CO4)cnc2[nH]1. The molecule has 41 heavy (non-hydrogen) atoms. The van der Waals surface area contributed by atoms with E-state index in [0.717, 1.165) is 5.82 Å². The van der Waals surface area contributed by atoms with Crippen molar-refractivity contribution in [1.82, 2.24) is 29.3 Å². The van der Waals surface area contributed by atoms with Crippen molar-refractivity contribution >= 4 is 31.2 Å². The molecule has 2 atom stereocenters. The van der Waals surface area contributed by atoms with Gasteiger partial charge in [0.15, 0.2) is 5.65 Å². The highest BCUT2D eigenvalue weighted by molar-refractivity contribution is 7.89. The summed E-state index contributed by atoms with van der Waals surface area (Å²) >= 11 is 0. The summed E-state index contributed by atoms with van der Waals surface area (Å²) in [4.78, 5) is 12.0. The van der Waals surface area contributed by atoms with Crippen LogP contribution in [0.4, 0.5) is 0 Å². The van der Waals surface area contributed by atoms with Crippen molar-refractivity contribution in [3.05, 3.63) is 42.4 Å². The first-order chi connectivity index (χ1) is 19.5. The number of nitrogens with zero attached hydrogens (tertiary/aromatic N) is 3. The molecule has 5 rings (SSSR count). The fourth-order valence-corrected chi connectivity index (χ4v) is 7.42. The van der Waals surface area contributed by atoms with Gasteiger partial charge in [-0.15, -0.1) is 0 Å². The lowest BCUT2D eigenvalue weighted by Crippen LogP contribution is -2.47. The van der Waals surface area contributed by atoms with E-state index in [-0.39, 0.29) is 29.0 Å². The van der Waals surface area contributed by atoms with Crippen molar-refractivity contribution < 1.29 is 31.4 Å². The minimum Gasteiger partial charge on any atom is -0.491 e. The largest absolute Gasteiger partial charge is 0.491 e. The van der Waals surface area contributed by atoms with E-state index in [0.29, 0.717) is 62.3 Å². The van der Waals surface area contributed by atoms with Crippen molar-refractivity contribution in [1.29, 1.82) is 0 Å². The van der Waals surface area contributed by atoms with E-state index in [4.69, 9.17) is 9.47 Å². The van der Waals surface area contributed by atoms with Crippen LogP contribution in [-0.2, 0) is 31.2 Å². The maximum atomic E-state index is 13.3. The van der Waals surface area contributed by atoms with Crippen LogP contribution in [0.2, 0.25) is 0 Å². The van der Waals surface area contributed by atoms with Crippen LogP contribution in [-0.4, -0.2) is 98.8 Å². The van der Waals surface area contributed by atoms with Gasteiger partial charge in [-0.1, -0.05) is 13.0 Å². The number of benzene rings is 1. The molecule has 0 unspecified atom stereocenters. The zero-order chi connectivity index (χ0) is 29.3. The van der Waals surface area contributed by atoms with Crippen LogP contribution in [0.3, 0.4) is 0 Å². The number of aliphatic hydroxyl groups excluding tert-OH is 1. The molecular formula is C26H36N6O7S2. The summed E-state index contributed by atoms with van der Waals surface area (Å²) in [5, 5.41) is 13.7. The molecule has 1 spiro atoms. The molecule has 2 aliphatic heterocycles. The van der Waals surface area contributed by atoms with Crippen molar-refractivity contribution in [2.24, 2.45) is 0 Å². The van der Waals surface area contributed by atoms with Crippen molar-refractivity contribution in [2.75, 3.05) is 39.9 Å². The number of hydrogen-bond acceptors (Lipinski definition) is 10. The standard InChI is InChI=1S/C26H36N6O7S2/c1-3-24-30-23-12-22(15-29-25(23)31-24)41(36,37)32-9-7-26(8-10-32)13-18(16-39-26)28-14-19(33)17-38-20-5-4-6-21(11-20)40(34,35)27-2/h4-6,11-12,15,18-19,27-28,33H,3,7-10,13-14,16-17H2,1-2H3,(H,29,30,31)/t18-,19+/m1/s1. The molecule has 0 aliphatic carbocycles. The van der Waals surface area contributed by atoms with E-state index in [9.17, 15) is 21.9 Å². The minimum atomic E-state index is -3.71. The average molecular weight is 609 g/mol. The smallest absolute Gasteiger partial charge is 0.244 e. The van der Waals surface area contributed by atoms with Crippen LogP contribution in [0.15, 0.2) is 46.3 Å². The number of H-pyrrole nitrogens is 1. The number of aromatic amines is 1. The lowest BCUT2D eigenvalue weighted by Gasteiger charge is -2.38. The first-order valence-corrected chi connectivity index (χ1v) is 16.5. The van der Waals surface area contributed by atoms with Gasteiger partial charge in [0.2, 0.25) is 20.0 Å². The summed E-state index contributed by atoms with van der Waals surface area (Å²) in [6.07, 6.45) is 3.10. The van der Waals surface area contributed by atoms with Gasteiger partial charge in [-0.2, -0.15) is 4.31 Å². The van der Waals surface area contributed by atoms with Gasteiger partial charge < -0.3 is 24.9 Å². The second kappa shape index (κ2) is 11.9. The number of imidazole rings is 1. The quantitative estimate of drug-likeness (QED) is 0.243. The number of sulfonamides is 2.